The summed E-state index contributed by atoms with van der Waals surface area (Å²) in [5.41, 5.74) is -0.624. The van der Waals surface area contributed by atoms with Gasteiger partial charge in [0.2, 0.25) is 0 Å². The normalized spacial score (nSPS) is 11.4. The van der Waals surface area contributed by atoms with E-state index in [1.807, 2.05) is 0 Å². The van der Waals surface area contributed by atoms with Gasteiger partial charge in [0.05, 0.1) is 17.6 Å². The van der Waals surface area contributed by atoms with Gasteiger partial charge in [-0.25, -0.2) is 4.79 Å². The van der Waals surface area contributed by atoms with E-state index in [4.69, 9.17) is 9.84 Å². The van der Waals surface area contributed by atoms with Crippen LogP contribution in [0, 0.1) is 0 Å². The van der Waals surface area contributed by atoms with E-state index in [-0.39, 0.29) is 18.7 Å². The molecule has 1 amide bonds. The molecule has 2 N–H and O–H groups in total. The minimum atomic E-state index is -4.43. The van der Waals surface area contributed by atoms with Crippen molar-refractivity contribution < 1.29 is 27.8 Å². The fraction of sp³-hybridized carbons (Fsp3) is 0.231. The van der Waals surface area contributed by atoms with E-state index in [9.17, 15) is 18.0 Å². The first-order chi connectivity index (χ1) is 9.88. The number of hydrogen-bond acceptors (Lipinski definition) is 3. The quantitative estimate of drug-likeness (QED) is 0.852. The number of benzene rings is 1. The molecule has 0 aliphatic heterocycles. The van der Waals surface area contributed by atoms with E-state index in [0.717, 1.165) is 12.1 Å². The van der Waals surface area contributed by atoms with Crippen LogP contribution in [-0.4, -0.2) is 29.3 Å². The Morgan fingerprint density at radius 1 is 1.33 bits per heavy atom. The molecule has 2 rings (SSSR count). The number of carbonyl (C=O) groups is 1. The van der Waals surface area contributed by atoms with E-state index >= 15 is 0 Å². The van der Waals surface area contributed by atoms with Crippen molar-refractivity contribution in [1.82, 2.24) is 10.3 Å². The van der Waals surface area contributed by atoms with Crippen molar-refractivity contribution in [3.63, 3.8) is 0 Å². The second kappa shape index (κ2) is 5.86. The van der Waals surface area contributed by atoms with Crippen LogP contribution < -0.4 is 10.1 Å². The molecule has 0 unspecified atom stereocenters. The summed E-state index contributed by atoms with van der Waals surface area (Å²) < 4.78 is 43.2. The molecule has 1 aromatic heterocycles. The van der Waals surface area contributed by atoms with E-state index in [1.54, 1.807) is 0 Å². The Morgan fingerprint density at radius 2 is 2.10 bits per heavy atom. The predicted octanol–water partition coefficient (Wildman–Crippen LogP) is 2.90. The fourth-order valence-electron chi connectivity index (χ4n) is 1.74. The maximum absolute atomic E-state index is 12.6. The molecule has 8 heteroatoms. The second-order valence-corrected chi connectivity index (χ2v) is 4.12. The predicted molar refractivity (Wildman–Crippen MR) is 68.3 cm³/mol. The van der Waals surface area contributed by atoms with Crippen LogP contribution in [-0.2, 0) is 6.18 Å². The van der Waals surface area contributed by atoms with Gasteiger partial charge >= 0.3 is 12.3 Å². The third kappa shape index (κ3) is 3.74. The Labute approximate surface area is 117 Å². The molecule has 112 valence electrons. The Balaban J connectivity index is 2.20. The van der Waals surface area contributed by atoms with Crippen LogP contribution in [0.1, 0.15) is 5.56 Å². The van der Waals surface area contributed by atoms with Crippen LogP contribution in [0.4, 0.5) is 18.0 Å². The number of alkyl halides is 3. The second-order valence-electron chi connectivity index (χ2n) is 4.12. The third-order valence-electron chi connectivity index (χ3n) is 2.67. The number of halogens is 3. The Morgan fingerprint density at radius 3 is 2.76 bits per heavy atom. The standard InChI is InChI=1S/C13H11F3N2O3/c14-13(15,16)8-1-2-9-10(7-8)17-4-3-11(9)21-6-5-18-12(19)20/h1-4,7,18H,5-6H2,(H,19,20). The number of hydrogen-bond donors (Lipinski definition) is 2. The lowest BCUT2D eigenvalue weighted by Gasteiger charge is -2.11. The number of carboxylic acid groups (broad SMARTS) is 1. The van der Waals surface area contributed by atoms with Gasteiger partial charge in [-0.3, -0.25) is 4.98 Å². The summed E-state index contributed by atoms with van der Waals surface area (Å²) in [7, 11) is 0. The van der Waals surface area contributed by atoms with Crippen molar-refractivity contribution in [2.24, 2.45) is 0 Å². The van der Waals surface area contributed by atoms with Crippen molar-refractivity contribution in [2.45, 2.75) is 6.18 Å². The third-order valence-corrected chi connectivity index (χ3v) is 2.67. The van der Waals surface area contributed by atoms with Gasteiger partial charge < -0.3 is 15.2 Å². The Bertz CT molecular complexity index is 659. The van der Waals surface area contributed by atoms with Gasteiger partial charge in [-0.1, -0.05) is 0 Å². The fourth-order valence-corrected chi connectivity index (χ4v) is 1.74. The zero-order chi connectivity index (χ0) is 15.5. The highest BCUT2D eigenvalue weighted by molar-refractivity contribution is 5.85. The SMILES string of the molecule is O=C(O)NCCOc1ccnc2cc(C(F)(F)F)ccc12. The Kier molecular flexibility index (Phi) is 4.15. The highest BCUT2D eigenvalue weighted by Crippen LogP contribution is 2.33. The topological polar surface area (TPSA) is 71.5 Å². The van der Waals surface area contributed by atoms with Crippen LogP contribution in [0.15, 0.2) is 30.5 Å². The van der Waals surface area contributed by atoms with Crippen molar-refractivity contribution >= 4 is 17.0 Å². The zero-order valence-corrected chi connectivity index (χ0v) is 10.6. The number of rotatable bonds is 4. The first-order valence-corrected chi connectivity index (χ1v) is 5.93. The molecule has 1 aromatic carbocycles. The highest BCUT2D eigenvalue weighted by Gasteiger charge is 2.30. The van der Waals surface area contributed by atoms with Gasteiger partial charge in [-0.05, 0) is 24.3 Å². The summed E-state index contributed by atoms with van der Waals surface area (Å²) >= 11 is 0. The van der Waals surface area contributed by atoms with Crippen molar-refractivity contribution in [3.8, 4) is 5.75 Å². The van der Waals surface area contributed by atoms with Gasteiger partial charge in [0, 0.05) is 11.6 Å². The molecule has 0 bridgehead atoms. The summed E-state index contributed by atoms with van der Waals surface area (Å²) in [4.78, 5) is 14.2. The number of aromatic nitrogens is 1. The lowest BCUT2D eigenvalue weighted by atomic mass is 10.1. The number of nitrogens with one attached hydrogen (secondary N) is 1. The van der Waals surface area contributed by atoms with Gasteiger partial charge in [0.25, 0.3) is 0 Å². The van der Waals surface area contributed by atoms with Crippen LogP contribution in [0.25, 0.3) is 10.9 Å². The number of amides is 1. The zero-order valence-electron chi connectivity index (χ0n) is 10.6. The van der Waals surface area contributed by atoms with Gasteiger partial charge in [-0.15, -0.1) is 0 Å². The van der Waals surface area contributed by atoms with Gasteiger partial charge in [0.15, 0.2) is 0 Å². The molecule has 0 saturated carbocycles. The minimum absolute atomic E-state index is 0.0619. The van der Waals surface area contributed by atoms with Crippen LogP contribution in [0.5, 0.6) is 5.75 Å². The summed E-state index contributed by atoms with van der Waals surface area (Å²) in [6.45, 7) is 0.131. The molecule has 0 aliphatic rings. The van der Waals surface area contributed by atoms with Crippen LogP contribution in [0.2, 0.25) is 0 Å². The average molecular weight is 300 g/mol. The van der Waals surface area contributed by atoms with E-state index in [0.29, 0.717) is 11.1 Å². The molecule has 0 atom stereocenters. The summed E-state index contributed by atoms with van der Waals surface area (Å²) in [5, 5.41) is 11.0. The van der Waals surface area contributed by atoms with Crippen molar-refractivity contribution in [1.29, 1.82) is 0 Å². The number of fused-ring (bicyclic) bond motifs is 1. The maximum atomic E-state index is 12.6. The smallest absolute Gasteiger partial charge is 0.416 e. The van der Waals surface area contributed by atoms with Gasteiger partial charge in [0.1, 0.15) is 12.4 Å². The van der Waals surface area contributed by atoms with Crippen LogP contribution >= 0.6 is 0 Å². The molecule has 2 aromatic rings. The lowest BCUT2D eigenvalue weighted by Crippen LogP contribution is -2.26. The van der Waals surface area contributed by atoms with E-state index < -0.39 is 17.8 Å². The monoisotopic (exact) mass is 300 g/mol. The average Bonchev–Trinajstić information content (AvgIpc) is 2.42. The van der Waals surface area contributed by atoms with E-state index in [1.165, 1.54) is 18.3 Å². The largest absolute Gasteiger partial charge is 0.491 e. The molecule has 5 nitrogen and oxygen atoms in total. The first-order valence-electron chi connectivity index (χ1n) is 5.93. The molecular formula is C13H11F3N2O3. The molecule has 1 heterocycles. The van der Waals surface area contributed by atoms with E-state index in [2.05, 4.69) is 10.3 Å². The number of pyridine rings is 1. The minimum Gasteiger partial charge on any atom is -0.491 e. The lowest BCUT2D eigenvalue weighted by molar-refractivity contribution is -0.137. The molecule has 21 heavy (non-hydrogen) atoms. The maximum Gasteiger partial charge on any atom is 0.416 e. The molecule has 0 aliphatic carbocycles. The number of nitrogens with zero attached hydrogens (tertiary/aromatic N) is 1. The van der Waals surface area contributed by atoms with Crippen molar-refractivity contribution in [3.05, 3.63) is 36.0 Å². The molecule has 0 fully saturated rings. The van der Waals surface area contributed by atoms with Crippen molar-refractivity contribution in [2.75, 3.05) is 13.2 Å². The molecule has 0 radical (unpaired) electrons. The summed E-state index contributed by atoms with van der Waals surface area (Å²) in [6.07, 6.45) is -4.27. The van der Waals surface area contributed by atoms with Gasteiger partial charge in [-0.2, -0.15) is 13.2 Å². The summed E-state index contributed by atoms with van der Waals surface area (Å²) in [5.74, 6) is 0.348. The highest BCUT2D eigenvalue weighted by atomic mass is 19.4. The number of ether oxygens (including phenoxy) is 1. The molecule has 0 spiro atoms. The molecule has 0 saturated heterocycles. The molecular weight excluding hydrogens is 289 g/mol. The van der Waals surface area contributed by atoms with Crippen LogP contribution in [0.3, 0.4) is 0 Å². The first kappa shape index (κ1) is 14.9. The Hall–Kier alpha value is -2.51. The summed E-state index contributed by atoms with van der Waals surface area (Å²) in [6, 6.07) is 4.69.